The summed E-state index contributed by atoms with van der Waals surface area (Å²) in [6.07, 6.45) is 3.02. The van der Waals surface area contributed by atoms with Crippen molar-refractivity contribution in [2.45, 2.75) is 32.1 Å². The minimum absolute atomic E-state index is 0.147. The van der Waals surface area contributed by atoms with E-state index < -0.39 is 0 Å². The van der Waals surface area contributed by atoms with Crippen LogP contribution in [0.2, 0.25) is 0 Å². The molecule has 106 valence electrons. The van der Waals surface area contributed by atoms with E-state index >= 15 is 0 Å². The number of carbonyl (C=O) groups excluding carboxylic acids is 2. The van der Waals surface area contributed by atoms with Gasteiger partial charge in [0.25, 0.3) is 0 Å². The normalized spacial score (nSPS) is 15.8. The Kier molecular flexibility index (Phi) is 3.96. The van der Waals surface area contributed by atoms with Crippen LogP contribution in [0.3, 0.4) is 0 Å². The smallest absolute Gasteiger partial charge is 0.163 e. The summed E-state index contributed by atoms with van der Waals surface area (Å²) in [5.41, 5.74) is 4.01. The van der Waals surface area contributed by atoms with Gasteiger partial charge in [-0.2, -0.15) is 0 Å². The molecule has 4 bridgehead atoms. The predicted octanol–water partition coefficient (Wildman–Crippen LogP) is 3.56. The third-order valence-electron chi connectivity index (χ3n) is 3.97. The van der Waals surface area contributed by atoms with Crippen LogP contribution >= 0.6 is 0 Å². The minimum atomic E-state index is 0.147. The van der Waals surface area contributed by atoms with Crippen LogP contribution in [0.15, 0.2) is 48.5 Å². The van der Waals surface area contributed by atoms with Gasteiger partial charge in [0, 0.05) is 24.8 Å². The highest BCUT2D eigenvalue weighted by atomic mass is 16.1. The first-order valence-corrected chi connectivity index (χ1v) is 7.42. The number of ketones is 2. The van der Waals surface area contributed by atoms with Crippen LogP contribution in [-0.2, 0) is 24.1 Å². The van der Waals surface area contributed by atoms with Crippen LogP contribution in [0.25, 0.3) is 0 Å². The van der Waals surface area contributed by atoms with Crippen molar-refractivity contribution in [2.24, 2.45) is 0 Å². The van der Waals surface area contributed by atoms with E-state index in [0.717, 1.165) is 24.0 Å². The van der Waals surface area contributed by atoms with Gasteiger partial charge in [0.2, 0.25) is 0 Å². The molecule has 0 heterocycles. The maximum absolute atomic E-state index is 12.3. The van der Waals surface area contributed by atoms with Gasteiger partial charge >= 0.3 is 0 Å². The second-order valence-electron chi connectivity index (χ2n) is 5.66. The first-order chi connectivity index (χ1) is 10.2. The molecule has 2 nitrogen and oxygen atoms in total. The molecule has 21 heavy (non-hydrogen) atoms. The van der Waals surface area contributed by atoms with E-state index in [1.54, 1.807) is 0 Å². The molecule has 0 amide bonds. The third kappa shape index (κ3) is 3.46. The molecule has 1 aliphatic carbocycles. The maximum Gasteiger partial charge on any atom is 0.163 e. The van der Waals surface area contributed by atoms with E-state index in [-0.39, 0.29) is 11.6 Å². The highest BCUT2D eigenvalue weighted by Crippen LogP contribution is 2.15. The maximum atomic E-state index is 12.3. The monoisotopic (exact) mass is 278 g/mol. The lowest BCUT2D eigenvalue weighted by molar-refractivity contribution is -0.118. The summed E-state index contributed by atoms with van der Waals surface area (Å²) in [6.45, 7) is 0. The van der Waals surface area contributed by atoms with Crippen LogP contribution in [0.4, 0.5) is 0 Å². The lowest BCUT2D eigenvalue weighted by Crippen LogP contribution is -2.05. The van der Waals surface area contributed by atoms with Crippen LogP contribution < -0.4 is 0 Å². The van der Waals surface area contributed by atoms with Crippen molar-refractivity contribution < 1.29 is 9.59 Å². The zero-order valence-electron chi connectivity index (χ0n) is 12.0. The summed E-state index contributed by atoms with van der Waals surface area (Å²) in [5, 5.41) is 0. The third-order valence-corrected chi connectivity index (χ3v) is 3.97. The molecule has 0 saturated heterocycles. The topological polar surface area (TPSA) is 34.1 Å². The highest BCUT2D eigenvalue weighted by Gasteiger charge is 2.11. The summed E-state index contributed by atoms with van der Waals surface area (Å²) in [7, 11) is 0. The van der Waals surface area contributed by atoms with E-state index in [1.165, 1.54) is 11.1 Å². The Labute approximate surface area is 124 Å². The fourth-order valence-electron chi connectivity index (χ4n) is 2.80. The van der Waals surface area contributed by atoms with Gasteiger partial charge in [-0.05, 0) is 35.6 Å². The number of rotatable bonds is 0. The fourth-order valence-corrected chi connectivity index (χ4v) is 2.80. The summed E-state index contributed by atoms with van der Waals surface area (Å²) >= 11 is 0. The summed E-state index contributed by atoms with van der Waals surface area (Å²) < 4.78 is 0. The fraction of sp³-hybridized carbons (Fsp3) is 0.263. The first-order valence-electron chi connectivity index (χ1n) is 7.42. The van der Waals surface area contributed by atoms with Crippen LogP contribution in [-0.4, -0.2) is 11.6 Å². The second kappa shape index (κ2) is 6.04. The molecule has 3 rings (SSSR count). The van der Waals surface area contributed by atoms with E-state index in [1.807, 2.05) is 30.3 Å². The average molecular weight is 278 g/mol. The molecule has 2 aromatic rings. The van der Waals surface area contributed by atoms with Gasteiger partial charge in [-0.25, -0.2) is 0 Å². The largest absolute Gasteiger partial charge is 0.299 e. The standard InChI is InChI=1S/C19H18O2/c20-18-9-7-14-3-1-4-15(11-14)8-10-19(21)17-6-2-5-16(12-17)13-18/h1-6,11-12H,7-10,13H2. The molecule has 2 aromatic carbocycles. The lowest BCUT2D eigenvalue weighted by atomic mass is 10.00. The van der Waals surface area contributed by atoms with Crippen LogP contribution in [0, 0.1) is 0 Å². The van der Waals surface area contributed by atoms with Gasteiger partial charge in [0.05, 0.1) is 0 Å². The number of carbonyl (C=O) groups is 2. The highest BCUT2D eigenvalue weighted by molar-refractivity contribution is 5.96. The summed E-state index contributed by atoms with van der Waals surface area (Å²) in [4.78, 5) is 24.4. The molecule has 0 aromatic heterocycles. The number of hydrogen-bond donors (Lipinski definition) is 0. The predicted molar refractivity (Wildman–Crippen MR) is 82.6 cm³/mol. The van der Waals surface area contributed by atoms with Gasteiger partial charge in [-0.1, -0.05) is 42.5 Å². The Balaban J connectivity index is 1.93. The zero-order chi connectivity index (χ0) is 14.7. The molecule has 0 saturated carbocycles. The van der Waals surface area contributed by atoms with E-state index in [9.17, 15) is 9.59 Å². The van der Waals surface area contributed by atoms with Crippen molar-refractivity contribution >= 4 is 11.6 Å². The summed E-state index contributed by atoms with van der Waals surface area (Å²) in [6, 6.07) is 15.7. The molecule has 0 aliphatic heterocycles. The van der Waals surface area contributed by atoms with Crippen molar-refractivity contribution in [3.8, 4) is 0 Å². The Hall–Kier alpha value is -2.22. The molecule has 0 unspecified atom stereocenters. The molecule has 0 N–H and O–H groups in total. The lowest BCUT2D eigenvalue weighted by Gasteiger charge is -2.04. The number of hydrogen-bond acceptors (Lipinski definition) is 2. The Morgan fingerprint density at radius 3 is 2.14 bits per heavy atom. The van der Waals surface area contributed by atoms with Gasteiger partial charge in [0.1, 0.15) is 5.78 Å². The average Bonchev–Trinajstić information content (AvgIpc) is 2.51. The molecule has 0 radical (unpaired) electrons. The zero-order valence-corrected chi connectivity index (χ0v) is 12.0. The molecule has 0 spiro atoms. The molecular formula is C19H18O2. The number of benzene rings is 2. The number of Topliss-reactive ketones (excluding diaryl/α,β-unsaturated/α-hetero) is 2. The van der Waals surface area contributed by atoms with Crippen molar-refractivity contribution in [1.82, 2.24) is 0 Å². The number of fused-ring (bicyclic) bond motifs is 4. The van der Waals surface area contributed by atoms with E-state index in [0.29, 0.717) is 19.3 Å². The van der Waals surface area contributed by atoms with Crippen molar-refractivity contribution in [3.63, 3.8) is 0 Å². The second-order valence-corrected chi connectivity index (χ2v) is 5.66. The van der Waals surface area contributed by atoms with Crippen molar-refractivity contribution in [1.29, 1.82) is 0 Å². The molecular weight excluding hydrogens is 260 g/mol. The van der Waals surface area contributed by atoms with E-state index in [2.05, 4.69) is 18.2 Å². The van der Waals surface area contributed by atoms with Crippen molar-refractivity contribution in [2.75, 3.05) is 0 Å². The van der Waals surface area contributed by atoms with Gasteiger partial charge < -0.3 is 0 Å². The molecule has 0 atom stereocenters. The van der Waals surface area contributed by atoms with Crippen LogP contribution in [0.1, 0.15) is 39.9 Å². The van der Waals surface area contributed by atoms with E-state index in [4.69, 9.17) is 0 Å². The molecule has 1 aliphatic rings. The summed E-state index contributed by atoms with van der Waals surface area (Å²) in [5.74, 6) is 0.373. The minimum Gasteiger partial charge on any atom is -0.299 e. The molecule has 0 fully saturated rings. The first kappa shape index (κ1) is 13.7. The quantitative estimate of drug-likeness (QED) is 0.738. The van der Waals surface area contributed by atoms with Crippen LogP contribution in [0.5, 0.6) is 0 Å². The van der Waals surface area contributed by atoms with Gasteiger partial charge in [-0.15, -0.1) is 0 Å². The Morgan fingerprint density at radius 2 is 1.33 bits per heavy atom. The van der Waals surface area contributed by atoms with Gasteiger partial charge in [-0.3, -0.25) is 9.59 Å². The van der Waals surface area contributed by atoms with Crippen molar-refractivity contribution in [3.05, 3.63) is 70.8 Å². The number of aryl methyl sites for hydroxylation is 2. The Morgan fingerprint density at radius 1 is 0.667 bits per heavy atom. The van der Waals surface area contributed by atoms with Gasteiger partial charge in [0.15, 0.2) is 5.78 Å². The SMILES string of the molecule is O=C1CCc2cccc(c2)CCC(=O)c2cccc(c2)C1. The molecule has 2 heteroatoms. The Bertz CT molecular complexity index is 685.